The van der Waals surface area contributed by atoms with Gasteiger partial charge in [-0.1, -0.05) is 20.8 Å². The van der Waals surface area contributed by atoms with Crippen molar-refractivity contribution in [2.24, 2.45) is 0 Å². The van der Waals surface area contributed by atoms with Gasteiger partial charge in [-0.2, -0.15) is 0 Å². The zero-order valence-corrected chi connectivity index (χ0v) is 10.2. The summed E-state index contributed by atoms with van der Waals surface area (Å²) in [4.78, 5) is 31.0. The van der Waals surface area contributed by atoms with Crippen LogP contribution in [-0.4, -0.2) is 16.1 Å². The normalized spacial score (nSPS) is 11.1. The second-order valence-electron chi connectivity index (χ2n) is 4.81. The van der Waals surface area contributed by atoms with Crippen molar-refractivity contribution in [3.05, 3.63) is 43.5 Å². The van der Waals surface area contributed by atoms with E-state index in [1.165, 1.54) is 12.1 Å². The van der Waals surface area contributed by atoms with Crippen molar-refractivity contribution in [2.75, 3.05) is 0 Å². The van der Waals surface area contributed by atoms with Crippen LogP contribution in [0, 0.1) is 20.2 Å². The Hall–Kier alpha value is -2.31. The predicted octanol–water partition coefficient (Wildman–Crippen LogP) is 2.61. The van der Waals surface area contributed by atoms with Crippen LogP contribution in [0.3, 0.4) is 0 Å². The van der Waals surface area contributed by atoms with E-state index in [1.807, 2.05) is 0 Å². The minimum atomic E-state index is -0.786. The van der Waals surface area contributed by atoms with Gasteiger partial charge in [-0.25, -0.2) is 0 Å². The molecule has 1 rings (SSSR count). The Labute approximate surface area is 103 Å². The van der Waals surface area contributed by atoms with E-state index in [9.17, 15) is 25.0 Å². The monoisotopic (exact) mass is 252 g/mol. The summed E-state index contributed by atoms with van der Waals surface area (Å²) in [5.41, 5.74) is -1.63. The number of nitro groups is 2. The summed E-state index contributed by atoms with van der Waals surface area (Å²) in [6.45, 7) is 5.32. The molecule has 0 saturated carbocycles. The third-order valence-electron chi connectivity index (χ3n) is 2.51. The van der Waals surface area contributed by atoms with Gasteiger partial charge in [0.05, 0.1) is 9.85 Å². The van der Waals surface area contributed by atoms with Crippen LogP contribution in [0.4, 0.5) is 11.4 Å². The lowest BCUT2D eigenvalue weighted by Crippen LogP contribution is -2.13. The second kappa shape index (κ2) is 4.52. The Balaban J connectivity index is 3.70. The van der Waals surface area contributed by atoms with Crippen molar-refractivity contribution >= 4 is 17.7 Å². The predicted molar refractivity (Wildman–Crippen MR) is 63.8 cm³/mol. The molecule has 1 aromatic carbocycles. The molecule has 0 aliphatic rings. The fourth-order valence-corrected chi connectivity index (χ4v) is 1.48. The molecule has 0 amide bonds. The minimum Gasteiger partial charge on any atom is -0.297 e. The van der Waals surface area contributed by atoms with Gasteiger partial charge in [0.15, 0.2) is 11.8 Å². The lowest BCUT2D eigenvalue weighted by molar-refractivity contribution is -0.394. The number of carbonyl (C=O) groups is 1. The first kappa shape index (κ1) is 13.8. The lowest BCUT2D eigenvalue weighted by atomic mass is 9.85. The van der Waals surface area contributed by atoms with Crippen LogP contribution in [0.15, 0.2) is 12.1 Å². The molecule has 7 heteroatoms. The van der Waals surface area contributed by atoms with E-state index in [1.54, 1.807) is 20.8 Å². The molecule has 0 aliphatic heterocycles. The van der Waals surface area contributed by atoms with Gasteiger partial charge in [0, 0.05) is 12.1 Å². The zero-order valence-electron chi connectivity index (χ0n) is 10.2. The number of hydrogen-bond donors (Lipinski definition) is 0. The van der Waals surface area contributed by atoms with E-state index in [4.69, 9.17) is 0 Å². The van der Waals surface area contributed by atoms with Crippen LogP contribution in [0.2, 0.25) is 0 Å². The molecule has 1 aromatic rings. The molecule has 0 aromatic heterocycles. The summed E-state index contributed by atoms with van der Waals surface area (Å²) < 4.78 is 0. The number of aldehydes is 1. The van der Waals surface area contributed by atoms with E-state index >= 15 is 0 Å². The minimum absolute atomic E-state index is 0.142. The maximum atomic E-state index is 10.9. The molecule has 96 valence electrons. The van der Waals surface area contributed by atoms with Gasteiger partial charge >= 0.3 is 0 Å². The van der Waals surface area contributed by atoms with E-state index in [2.05, 4.69) is 0 Å². The second-order valence-corrected chi connectivity index (χ2v) is 4.81. The van der Waals surface area contributed by atoms with Crippen molar-refractivity contribution in [2.45, 2.75) is 26.2 Å². The summed E-state index contributed by atoms with van der Waals surface area (Å²) in [6.07, 6.45) is 0.142. The first-order chi connectivity index (χ1) is 8.18. The maximum Gasteiger partial charge on any atom is 0.287 e. The molecule has 0 spiro atoms. The average Bonchev–Trinajstić information content (AvgIpc) is 2.25. The quantitative estimate of drug-likeness (QED) is 0.467. The van der Waals surface area contributed by atoms with Crippen LogP contribution < -0.4 is 0 Å². The molecule has 0 unspecified atom stereocenters. The van der Waals surface area contributed by atoms with E-state index < -0.39 is 32.2 Å². The van der Waals surface area contributed by atoms with Crippen molar-refractivity contribution in [1.82, 2.24) is 0 Å². The van der Waals surface area contributed by atoms with Crippen LogP contribution in [0.1, 0.15) is 36.7 Å². The molecule has 0 fully saturated rings. The number of nitrogens with zero attached hydrogens (tertiary/aromatic N) is 2. The summed E-state index contributed by atoms with van der Waals surface area (Å²) in [6, 6.07) is 2.41. The van der Waals surface area contributed by atoms with Crippen molar-refractivity contribution in [3.63, 3.8) is 0 Å². The molecule has 18 heavy (non-hydrogen) atoms. The highest BCUT2D eigenvalue weighted by molar-refractivity contribution is 5.88. The average molecular weight is 252 g/mol. The van der Waals surface area contributed by atoms with Crippen LogP contribution >= 0.6 is 0 Å². The van der Waals surface area contributed by atoms with Crippen molar-refractivity contribution in [3.8, 4) is 0 Å². The van der Waals surface area contributed by atoms with Gasteiger partial charge in [-0.05, 0) is 11.0 Å². The van der Waals surface area contributed by atoms with E-state index in [0.29, 0.717) is 5.56 Å². The third-order valence-corrected chi connectivity index (χ3v) is 2.51. The first-order valence-corrected chi connectivity index (χ1v) is 5.11. The number of nitro benzene ring substituents is 2. The fraction of sp³-hybridized carbons (Fsp3) is 0.364. The third kappa shape index (κ3) is 2.50. The fourth-order valence-electron chi connectivity index (χ4n) is 1.48. The van der Waals surface area contributed by atoms with Gasteiger partial charge in [0.2, 0.25) is 0 Å². The summed E-state index contributed by atoms with van der Waals surface area (Å²) in [5.74, 6) is 0. The molecular weight excluding hydrogens is 240 g/mol. The Morgan fingerprint density at radius 3 is 1.67 bits per heavy atom. The van der Waals surface area contributed by atoms with E-state index in [0.717, 1.165) is 0 Å². The van der Waals surface area contributed by atoms with Crippen LogP contribution in [-0.2, 0) is 5.41 Å². The van der Waals surface area contributed by atoms with Crippen molar-refractivity contribution in [1.29, 1.82) is 0 Å². The molecule has 0 radical (unpaired) electrons. The largest absolute Gasteiger partial charge is 0.297 e. The Morgan fingerprint density at radius 2 is 1.44 bits per heavy atom. The highest BCUT2D eigenvalue weighted by atomic mass is 16.6. The lowest BCUT2D eigenvalue weighted by Gasteiger charge is -2.18. The molecule has 0 heterocycles. The standard InChI is InChI=1S/C11H12N2O5/c1-11(2,3)7-4-9(12(15)16)8(6-14)10(5-7)13(17)18/h4-6H,1-3H3. The molecule has 0 atom stereocenters. The molecule has 0 N–H and O–H groups in total. The molecule has 0 bridgehead atoms. The SMILES string of the molecule is CC(C)(C)c1cc([N+](=O)[O-])c(C=O)c([N+](=O)[O-])c1. The van der Waals surface area contributed by atoms with E-state index in [-0.39, 0.29) is 6.29 Å². The molecule has 7 nitrogen and oxygen atoms in total. The number of carbonyl (C=O) groups excluding carboxylic acids is 1. The van der Waals surface area contributed by atoms with Gasteiger partial charge in [-0.15, -0.1) is 0 Å². The van der Waals surface area contributed by atoms with Crippen LogP contribution in [0.25, 0.3) is 0 Å². The molecular formula is C11H12N2O5. The highest BCUT2D eigenvalue weighted by Gasteiger charge is 2.29. The summed E-state index contributed by atoms with van der Waals surface area (Å²) >= 11 is 0. The summed E-state index contributed by atoms with van der Waals surface area (Å²) in [7, 11) is 0. The number of rotatable bonds is 3. The topological polar surface area (TPSA) is 103 Å². The van der Waals surface area contributed by atoms with Gasteiger partial charge < -0.3 is 0 Å². The zero-order chi connectivity index (χ0) is 14.1. The smallest absolute Gasteiger partial charge is 0.287 e. The summed E-state index contributed by atoms with van der Waals surface area (Å²) in [5, 5.41) is 21.7. The maximum absolute atomic E-state index is 10.9. The molecule has 0 aliphatic carbocycles. The molecule has 0 saturated heterocycles. The van der Waals surface area contributed by atoms with Crippen LogP contribution in [0.5, 0.6) is 0 Å². The Bertz CT molecular complexity index is 496. The number of hydrogen-bond acceptors (Lipinski definition) is 5. The first-order valence-electron chi connectivity index (χ1n) is 5.11. The number of benzene rings is 1. The van der Waals surface area contributed by atoms with Gasteiger partial charge in [0.25, 0.3) is 11.4 Å². The van der Waals surface area contributed by atoms with Gasteiger partial charge in [-0.3, -0.25) is 25.0 Å². The van der Waals surface area contributed by atoms with Crippen molar-refractivity contribution < 1.29 is 14.6 Å². The Kier molecular flexibility index (Phi) is 3.45. The highest BCUT2D eigenvalue weighted by Crippen LogP contribution is 2.34. The Morgan fingerprint density at radius 1 is 1.06 bits per heavy atom. The van der Waals surface area contributed by atoms with Gasteiger partial charge in [0.1, 0.15) is 0 Å².